The van der Waals surface area contributed by atoms with Gasteiger partial charge in [0, 0.05) is 18.0 Å². The Kier molecular flexibility index (Phi) is 2.96. The lowest BCUT2D eigenvalue weighted by Gasteiger charge is -2.15. The molecule has 17 heavy (non-hydrogen) atoms. The van der Waals surface area contributed by atoms with Gasteiger partial charge in [0.1, 0.15) is 12.7 Å². The second-order valence-corrected chi connectivity index (χ2v) is 5.07. The van der Waals surface area contributed by atoms with Crippen LogP contribution in [0, 0.1) is 0 Å². The third-order valence-electron chi connectivity index (χ3n) is 2.71. The van der Waals surface area contributed by atoms with Crippen LogP contribution in [-0.2, 0) is 0 Å². The van der Waals surface area contributed by atoms with E-state index >= 15 is 0 Å². The summed E-state index contributed by atoms with van der Waals surface area (Å²) in [5, 5.41) is 7.65. The third kappa shape index (κ3) is 2.26. The minimum Gasteiger partial charge on any atom is -0.378 e. The first-order chi connectivity index (χ1) is 8.43. The van der Waals surface area contributed by atoms with Crippen molar-refractivity contribution >= 4 is 17.4 Å². The van der Waals surface area contributed by atoms with E-state index in [0.717, 1.165) is 17.3 Å². The Morgan fingerprint density at radius 2 is 2.47 bits per heavy atom. The fraction of sp³-hybridized carbons (Fsp3) is 0.364. The van der Waals surface area contributed by atoms with Crippen LogP contribution >= 0.6 is 11.8 Å². The Hall–Kier alpha value is -1.56. The standard InChI is InChI=1S/C11H13N5S/c1-2-10(15-9-3-5-17-6-9)11(13-4-1)16-8-12-7-14-16/h1-2,4,7-9,15H,3,5-6H2. The van der Waals surface area contributed by atoms with Crippen LogP contribution in [-0.4, -0.2) is 37.3 Å². The maximum absolute atomic E-state index is 4.35. The Morgan fingerprint density at radius 1 is 1.47 bits per heavy atom. The maximum Gasteiger partial charge on any atom is 0.178 e. The van der Waals surface area contributed by atoms with Gasteiger partial charge in [0.05, 0.1) is 5.69 Å². The summed E-state index contributed by atoms with van der Waals surface area (Å²) in [6.07, 6.45) is 6.16. The molecular weight excluding hydrogens is 234 g/mol. The van der Waals surface area contributed by atoms with Gasteiger partial charge in [-0.15, -0.1) is 0 Å². The van der Waals surface area contributed by atoms with E-state index < -0.39 is 0 Å². The third-order valence-corrected chi connectivity index (χ3v) is 3.87. The minimum atomic E-state index is 0.534. The molecule has 6 heteroatoms. The first-order valence-electron chi connectivity index (χ1n) is 5.58. The van der Waals surface area contributed by atoms with Gasteiger partial charge in [-0.25, -0.2) is 14.6 Å². The number of aromatic nitrogens is 4. The molecule has 1 saturated heterocycles. The number of anilines is 1. The average molecular weight is 247 g/mol. The Balaban J connectivity index is 1.88. The number of nitrogens with zero attached hydrogens (tertiary/aromatic N) is 4. The molecule has 1 N–H and O–H groups in total. The summed E-state index contributed by atoms with van der Waals surface area (Å²) in [7, 11) is 0. The van der Waals surface area contributed by atoms with E-state index in [0.29, 0.717) is 6.04 Å². The average Bonchev–Trinajstić information content (AvgIpc) is 3.01. The van der Waals surface area contributed by atoms with Crippen molar-refractivity contribution in [2.45, 2.75) is 12.5 Å². The number of hydrogen-bond donors (Lipinski definition) is 1. The smallest absolute Gasteiger partial charge is 0.178 e. The highest BCUT2D eigenvalue weighted by Crippen LogP contribution is 2.23. The monoisotopic (exact) mass is 247 g/mol. The van der Waals surface area contributed by atoms with Gasteiger partial charge < -0.3 is 5.32 Å². The van der Waals surface area contributed by atoms with Crippen molar-refractivity contribution in [3.63, 3.8) is 0 Å². The number of hydrogen-bond acceptors (Lipinski definition) is 5. The van der Waals surface area contributed by atoms with Crippen LogP contribution in [0.2, 0.25) is 0 Å². The zero-order chi connectivity index (χ0) is 11.5. The molecule has 1 aliphatic rings. The summed E-state index contributed by atoms with van der Waals surface area (Å²) in [4.78, 5) is 8.31. The topological polar surface area (TPSA) is 55.6 Å². The Labute approximate surface area is 104 Å². The molecule has 1 atom stereocenters. The van der Waals surface area contributed by atoms with Gasteiger partial charge in [0.25, 0.3) is 0 Å². The van der Waals surface area contributed by atoms with Gasteiger partial charge in [-0.2, -0.15) is 16.9 Å². The van der Waals surface area contributed by atoms with Gasteiger partial charge in [-0.3, -0.25) is 0 Å². The number of thioether (sulfide) groups is 1. The van der Waals surface area contributed by atoms with Gasteiger partial charge in [0.2, 0.25) is 0 Å². The highest BCUT2D eigenvalue weighted by Gasteiger charge is 2.17. The molecule has 3 heterocycles. The van der Waals surface area contributed by atoms with Crippen molar-refractivity contribution in [1.82, 2.24) is 19.7 Å². The molecule has 1 unspecified atom stereocenters. The molecule has 0 amide bonds. The summed E-state index contributed by atoms with van der Waals surface area (Å²) >= 11 is 1.99. The summed E-state index contributed by atoms with van der Waals surface area (Å²) in [6.45, 7) is 0. The summed E-state index contributed by atoms with van der Waals surface area (Å²) in [5.74, 6) is 3.20. The van der Waals surface area contributed by atoms with Crippen molar-refractivity contribution in [2.75, 3.05) is 16.8 Å². The lowest BCUT2D eigenvalue weighted by molar-refractivity contribution is 0.796. The summed E-state index contributed by atoms with van der Waals surface area (Å²) < 4.78 is 1.68. The molecule has 0 bridgehead atoms. The molecule has 1 fully saturated rings. The summed E-state index contributed by atoms with van der Waals surface area (Å²) in [5.41, 5.74) is 1.02. The van der Waals surface area contributed by atoms with Crippen molar-refractivity contribution in [1.29, 1.82) is 0 Å². The van der Waals surface area contributed by atoms with Crippen LogP contribution in [0.15, 0.2) is 31.0 Å². The van der Waals surface area contributed by atoms with Crippen molar-refractivity contribution in [3.8, 4) is 5.82 Å². The molecule has 3 rings (SSSR count). The zero-order valence-electron chi connectivity index (χ0n) is 9.28. The summed E-state index contributed by atoms with van der Waals surface area (Å²) in [6, 6.07) is 4.50. The first-order valence-corrected chi connectivity index (χ1v) is 6.73. The fourth-order valence-corrected chi connectivity index (χ4v) is 3.03. The first kappa shape index (κ1) is 10.6. The van der Waals surface area contributed by atoms with Crippen LogP contribution in [0.25, 0.3) is 5.82 Å². The van der Waals surface area contributed by atoms with Gasteiger partial charge in [-0.1, -0.05) is 0 Å². The molecule has 2 aromatic heterocycles. The number of nitrogens with one attached hydrogen (secondary N) is 1. The molecule has 0 spiro atoms. The van der Waals surface area contributed by atoms with E-state index in [9.17, 15) is 0 Å². The zero-order valence-corrected chi connectivity index (χ0v) is 10.1. The van der Waals surface area contributed by atoms with E-state index in [1.54, 1.807) is 17.2 Å². The van der Waals surface area contributed by atoms with Crippen LogP contribution in [0.1, 0.15) is 6.42 Å². The molecule has 0 radical (unpaired) electrons. The van der Waals surface area contributed by atoms with Crippen molar-refractivity contribution in [3.05, 3.63) is 31.0 Å². The van der Waals surface area contributed by atoms with E-state index in [2.05, 4.69) is 20.4 Å². The maximum atomic E-state index is 4.35. The minimum absolute atomic E-state index is 0.534. The van der Waals surface area contributed by atoms with Crippen LogP contribution in [0.4, 0.5) is 5.69 Å². The van der Waals surface area contributed by atoms with Crippen LogP contribution in [0.3, 0.4) is 0 Å². The second kappa shape index (κ2) is 4.75. The van der Waals surface area contributed by atoms with Crippen molar-refractivity contribution < 1.29 is 0 Å². The Bertz CT molecular complexity index is 478. The highest BCUT2D eigenvalue weighted by atomic mass is 32.2. The molecule has 0 aromatic carbocycles. The normalized spacial score (nSPS) is 19.4. The SMILES string of the molecule is c1cnc(-n2cncn2)c(NC2CCSC2)c1. The van der Waals surface area contributed by atoms with Gasteiger partial charge in [0.15, 0.2) is 5.82 Å². The van der Waals surface area contributed by atoms with E-state index in [1.165, 1.54) is 18.5 Å². The molecule has 0 saturated carbocycles. The lowest BCUT2D eigenvalue weighted by Crippen LogP contribution is -2.19. The van der Waals surface area contributed by atoms with Gasteiger partial charge >= 0.3 is 0 Å². The molecular formula is C11H13N5S. The van der Waals surface area contributed by atoms with E-state index in [-0.39, 0.29) is 0 Å². The van der Waals surface area contributed by atoms with Crippen LogP contribution in [0.5, 0.6) is 0 Å². The fourth-order valence-electron chi connectivity index (χ4n) is 1.88. The number of rotatable bonds is 3. The van der Waals surface area contributed by atoms with Gasteiger partial charge in [-0.05, 0) is 24.3 Å². The number of pyridine rings is 1. The highest BCUT2D eigenvalue weighted by molar-refractivity contribution is 7.99. The van der Waals surface area contributed by atoms with Crippen molar-refractivity contribution in [2.24, 2.45) is 0 Å². The van der Waals surface area contributed by atoms with E-state index in [4.69, 9.17) is 0 Å². The molecule has 1 aliphatic heterocycles. The lowest BCUT2D eigenvalue weighted by atomic mass is 10.2. The second-order valence-electron chi connectivity index (χ2n) is 3.92. The predicted molar refractivity (Wildman–Crippen MR) is 68.5 cm³/mol. The molecule has 2 aromatic rings. The quantitative estimate of drug-likeness (QED) is 0.892. The predicted octanol–water partition coefficient (Wildman–Crippen LogP) is 1.58. The largest absolute Gasteiger partial charge is 0.378 e. The molecule has 0 aliphatic carbocycles. The molecule has 5 nitrogen and oxygen atoms in total. The Morgan fingerprint density at radius 3 is 3.24 bits per heavy atom. The molecule has 88 valence electrons. The van der Waals surface area contributed by atoms with E-state index in [1.807, 2.05) is 23.9 Å². The van der Waals surface area contributed by atoms with Crippen LogP contribution < -0.4 is 5.32 Å².